The molecular formula is C20H33IN4O2S. The van der Waals surface area contributed by atoms with E-state index in [-0.39, 0.29) is 35.1 Å². The molecule has 0 unspecified atom stereocenters. The van der Waals surface area contributed by atoms with Gasteiger partial charge in [-0.3, -0.25) is 4.99 Å². The van der Waals surface area contributed by atoms with E-state index in [1.54, 1.807) is 7.05 Å². The lowest BCUT2D eigenvalue weighted by Crippen LogP contribution is -2.43. The third-order valence-electron chi connectivity index (χ3n) is 4.72. The summed E-state index contributed by atoms with van der Waals surface area (Å²) < 4.78 is 22.8. The van der Waals surface area contributed by atoms with Crippen molar-refractivity contribution in [3.8, 4) is 0 Å². The molecule has 1 aromatic carbocycles. The molecule has 6 nitrogen and oxygen atoms in total. The van der Waals surface area contributed by atoms with Crippen LogP contribution in [0.2, 0.25) is 0 Å². The van der Waals surface area contributed by atoms with E-state index in [0.717, 1.165) is 18.9 Å². The van der Waals surface area contributed by atoms with Gasteiger partial charge in [0.15, 0.2) is 5.96 Å². The highest BCUT2D eigenvalue weighted by atomic mass is 127. The number of halogens is 1. The molecule has 1 aromatic heterocycles. The third-order valence-corrected chi connectivity index (χ3v) is 5.66. The molecule has 0 atom stereocenters. The third kappa shape index (κ3) is 7.98. The normalized spacial score (nSPS) is 12.7. The largest absolute Gasteiger partial charge is 0.361 e. The first-order valence-electron chi connectivity index (χ1n) is 9.28. The summed E-state index contributed by atoms with van der Waals surface area (Å²) in [5.74, 6) is 0.936. The van der Waals surface area contributed by atoms with Gasteiger partial charge in [-0.1, -0.05) is 26.0 Å². The Morgan fingerprint density at radius 1 is 1.25 bits per heavy atom. The molecular weight excluding hydrogens is 487 g/mol. The summed E-state index contributed by atoms with van der Waals surface area (Å²) in [6.07, 6.45) is 4.85. The van der Waals surface area contributed by atoms with Gasteiger partial charge in [0.2, 0.25) is 0 Å². The van der Waals surface area contributed by atoms with Gasteiger partial charge in [0.05, 0.1) is 5.75 Å². The Bertz CT molecular complexity index is 904. The average Bonchev–Trinajstić information content (AvgIpc) is 2.98. The number of H-pyrrole nitrogens is 1. The van der Waals surface area contributed by atoms with Gasteiger partial charge in [-0.25, -0.2) is 8.42 Å². The lowest BCUT2D eigenvalue weighted by atomic mass is 9.90. The Labute approximate surface area is 185 Å². The molecule has 0 saturated carbocycles. The van der Waals surface area contributed by atoms with E-state index in [1.165, 1.54) is 28.3 Å². The first-order chi connectivity index (χ1) is 12.6. The zero-order chi connectivity index (χ0) is 20.1. The molecule has 0 aliphatic heterocycles. The van der Waals surface area contributed by atoms with E-state index in [4.69, 9.17) is 0 Å². The topological polar surface area (TPSA) is 86.3 Å². The van der Waals surface area contributed by atoms with Crippen molar-refractivity contribution >= 4 is 50.7 Å². The van der Waals surface area contributed by atoms with Gasteiger partial charge < -0.3 is 15.6 Å². The summed E-state index contributed by atoms with van der Waals surface area (Å²) in [4.78, 5) is 7.59. The molecule has 28 heavy (non-hydrogen) atoms. The highest BCUT2D eigenvalue weighted by Crippen LogP contribution is 2.20. The number of aliphatic imine (C=N–C) groups is 1. The Morgan fingerprint density at radius 2 is 1.96 bits per heavy atom. The van der Waals surface area contributed by atoms with E-state index in [9.17, 15) is 8.42 Å². The Balaban J connectivity index is 0.00000392. The predicted molar refractivity (Wildman–Crippen MR) is 130 cm³/mol. The van der Waals surface area contributed by atoms with Crippen molar-refractivity contribution in [2.45, 2.75) is 33.6 Å². The number of nitrogens with one attached hydrogen (secondary N) is 3. The minimum absolute atomic E-state index is 0. The molecule has 0 radical (unpaired) electrons. The summed E-state index contributed by atoms with van der Waals surface area (Å²) >= 11 is 0. The van der Waals surface area contributed by atoms with Crippen molar-refractivity contribution in [3.05, 3.63) is 35.5 Å². The molecule has 158 valence electrons. The molecule has 3 N–H and O–H groups in total. The number of fused-ring (bicyclic) bond motifs is 1. The Hall–Kier alpha value is -1.29. The number of rotatable bonds is 8. The second-order valence-electron chi connectivity index (χ2n) is 8.01. The maximum Gasteiger partial charge on any atom is 0.191 e. The second-order valence-corrected chi connectivity index (χ2v) is 10.3. The molecule has 2 rings (SSSR count). The van der Waals surface area contributed by atoms with Crippen LogP contribution in [0.1, 0.15) is 31.4 Å². The smallest absolute Gasteiger partial charge is 0.191 e. The average molecular weight is 520 g/mol. The van der Waals surface area contributed by atoms with E-state index in [0.29, 0.717) is 13.0 Å². The molecule has 0 spiro atoms. The molecule has 8 heteroatoms. The number of guanidine groups is 1. The Kier molecular flexibility index (Phi) is 9.26. The number of benzene rings is 1. The van der Waals surface area contributed by atoms with Gasteiger partial charge in [0.1, 0.15) is 9.84 Å². The molecule has 0 amide bonds. The fourth-order valence-electron chi connectivity index (χ4n) is 2.92. The standard InChI is InChI=1S/C20H32N4O2S.HI/c1-15-6-7-17-16(13-23-18(17)12-15)8-10-22-19(21-4)24-14-20(2,3)9-11-27(5,25)26;/h6-7,12-13,23H,8-11,14H2,1-5H3,(H2,21,22,24);1H. The van der Waals surface area contributed by atoms with Crippen LogP contribution in [0.25, 0.3) is 10.9 Å². The van der Waals surface area contributed by atoms with Gasteiger partial charge >= 0.3 is 0 Å². The molecule has 1 heterocycles. The highest BCUT2D eigenvalue weighted by molar-refractivity contribution is 14.0. The molecule has 2 aromatic rings. The minimum atomic E-state index is -2.94. The molecule has 0 bridgehead atoms. The van der Waals surface area contributed by atoms with Crippen LogP contribution in [-0.4, -0.2) is 51.5 Å². The van der Waals surface area contributed by atoms with Gasteiger partial charge in [-0.05, 0) is 42.4 Å². The number of aromatic nitrogens is 1. The van der Waals surface area contributed by atoms with E-state index in [2.05, 4.69) is 65.8 Å². The van der Waals surface area contributed by atoms with Crippen molar-refractivity contribution in [3.63, 3.8) is 0 Å². The summed E-state index contributed by atoms with van der Waals surface area (Å²) in [6, 6.07) is 6.45. The Morgan fingerprint density at radius 3 is 2.61 bits per heavy atom. The first-order valence-corrected chi connectivity index (χ1v) is 11.3. The summed E-state index contributed by atoms with van der Waals surface area (Å²) in [5.41, 5.74) is 3.56. The molecule has 0 saturated heterocycles. The fourth-order valence-corrected chi connectivity index (χ4v) is 3.84. The van der Waals surface area contributed by atoms with E-state index < -0.39 is 9.84 Å². The van der Waals surface area contributed by atoms with Crippen LogP contribution in [0.5, 0.6) is 0 Å². The SMILES string of the molecule is CN=C(NCCc1c[nH]c2cc(C)ccc12)NCC(C)(C)CCS(C)(=O)=O.I. The van der Waals surface area contributed by atoms with Crippen molar-refractivity contribution < 1.29 is 8.42 Å². The van der Waals surface area contributed by atoms with Crippen molar-refractivity contribution in [1.82, 2.24) is 15.6 Å². The summed E-state index contributed by atoms with van der Waals surface area (Å²) in [7, 11) is -1.19. The van der Waals surface area contributed by atoms with E-state index >= 15 is 0 Å². The molecule has 0 aliphatic rings. The zero-order valence-electron chi connectivity index (χ0n) is 17.4. The van der Waals surface area contributed by atoms with Crippen LogP contribution in [-0.2, 0) is 16.3 Å². The maximum absolute atomic E-state index is 11.4. The fraction of sp³-hybridized carbons (Fsp3) is 0.550. The number of sulfone groups is 1. The predicted octanol–water partition coefficient (Wildman–Crippen LogP) is 3.26. The number of aryl methyl sites for hydroxylation is 1. The van der Waals surface area contributed by atoms with Crippen LogP contribution in [0.15, 0.2) is 29.4 Å². The summed E-state index contributed by atoms with van der Waals surface area (Å²) in [6.45, 7) is 7.65. The van der Waals surface area contributed by atoms with Gasteiger partial charge in [0.25, 0.3) is 0 Å². The molecule has 0 aliphatic carbocycles. The lowest BCUT2D eigenvalue weighted by Gasteiger charge is -2.25. The van der Waals surface area contributed by atoms with Gasteiger partial charge in [-0.15, -0.1) is 24.0 Å². The van der Waals surface area contributed by atoms with Crippen LogP contribution in [0.3, 0.4) is 0 Å². The van der Waals surface area contributed by atoms with Crippen LogP contribution in [0.4, 0.5) is 0 Å². The number of aromatic amines is 1. The number of hydrogen-bond donors (Lipinski definition) is 3. The highest BCUT2D eigenvalue weighted by Gasteiger charge is 2.20. The first kappa shape index (κ1) is 24.7. The zero-order valence-corrected chi connectivity index (χ0v) is 20.6. The van der Waals surface area contributed by atoms with Gasteiger partial charge in [-0.2, -0.15) is 0 Å². The second kappa shape index (κ2) is 10.5. The lowest BCUT2D eigenvalue weighted by molar-refractivity contribution is 0.348. The minimum Gasteiger partial charge on any atom is -0.361 e. The summed E-state index contributed by atoms with van der Waals surface area (Å²) in [5, 5.41) is 7.90. The monoisotopic (exact) mass is 520 g/mol. The van der Waals surface area contributed by atoms with Gasteiger partial charge in [0, 0.05) is 43.5 Å². The maximum atomic E-state index is 11.4. The van der Waals surface area contributed by atoms with Crippen molar-refractivity contribution in [2.75, 3.05) is 32.1 Å². The van der Waals surface area contributed by atoms with Crippen LogP contribution >= 0.6 is 24.0 Å². The number of nitrogens with zero attached hydrogens (tertiary/aromatic N) is 1. The van der Waals surface area contributed by atoms with Crippen LogP contribution in [0, 0.1) is 12.3 Å². The molecule has 0 fully saturated rings. The quantitative estimate of drug-likeness (QED) is 0.284. The van der Waals surface area contributed by atoms with E-state index in [1.807, 2.05) is 0 Å². The number of hydrogen-bond acceptors (Lipinski definition) is 3. The van der Waals surface area contributed by atoms with Crippen molar-refractivity contribution in [1.29, 1.82) is 0 Å². The van der Waals surface area contributed by atoms with Crippen molar-refractivity contribution in [2.24, 2.45) is 10.4 Å². The van der Waals surface area contributed by atoms with Crippen LogP contribution < -0.4 is 10.6 Å².